The van der Waals surface area contributed by atoms with Crippen LogP contribution in [0.1, 0.15) is 29.4 Å². The van der Waals surface area contributed by atoms with Crippen molar-refractivity contribution >= 4 is 11.7 Å². The van der Waals surface area contributed by atoms with Crippen LogP contribution in [0.5, 0.6) is 0 Å². The number of primary amides is 1. The molecule has 0 aliphatic carbocycles. The summed E-state index contributed by atoms with van der Waals surface area (Å²) in [7, 11) is 0. The Balaban J connectivity index is 3.19. The van der Waals surface area contributed by atoms with Gasteiger partial charge in [0.15, 0.2) is 0 Å². The Hall–Kier alpha value is -1.83. The third-order valence-corrected chi connectivity index (χ3v) is 2.57. The second-order valence-electron chi connectivity index (χ2n) is 3.94. The predicted octanol–water partition coefficient (Wildman–Crippen LogP) is 1.35. The van der Waals surface area contributed by atoms with Crippen LogP contribution in [0.2, 0.25) is 0 Å². The third-order valence-electron chi connectivity index (χ3n) is 2.57. The number of hydrogen-bond donors (Lipinski definition) is 3. The molecule has 19 heavy (non-hydrogen) atoms. The maximum absolute atomic E-state index is 12.6. The van der Waals surface area contributed by atoms with Crippen LogP contribution in [0, 0.1) is 0 Å². The van der Waals surface area contributed by atoms with Crippen LogP contribution < -0.4 is 16.8 Å². The fourth-order valence-electron chi connectivity index (χ4n) is 1.45. The number of alkyl halides is 3. The molecule has 0 fully saturated rings. The molecule has 0 radical (unpaired) electrons. The number of carbonyl (C=O) groups is 1. The van der Waals surface area contributed by atoms with E-state index in [1.807, 2.05) is 6.92 Å². The Morgan fingerprint density at radius 3 is 2.53 bits per heavy atom. The molecule has 1 unspecified atom stereocenters. The van der Waals surface area contributed by atoms with Crippen LogP contribution in [0.3, 0.4) is 0 Å². The fraction of sp³-hybridized carbons (Fsp3) is 0.455. The van der Waals surface area contributed by atoms with Gasteiger partial charge in [0, 0.05) is 12.6 Å². The number of nitrogens with zero attached hydrogens (tertiary/aromatic N) is 1. The molecule has 8 heteroatoms. The van der Waals surface area contributed by atoms with Gasteiger partial charge in [0.25, 0.3) is 5.91 Å². The molecular weight excluding hydrogens is 261 g/mol. The number of pyridine rings is 1. The number of amides is 1. The van der Waals surface area contributed by atoms with E-state index in [9.17, 15) is 18.0 Å². The van der Waals surface area contributed by atoms with Crippen LogP contribution in [0.15, 0.2) is 12.1 Å². The van der Waals surface area contributed by atoms with Crippen molar-refractivity contribution in [3.05, 3.63) is 23.4 Å². The summed E-state index contributed by atoms with van der Waals surface area (Å²) in [4.78, 5) is 14.6. The highest BCUT2D eigenvalue weighted by Gasteiger charge is 2.33. The minimum Gasteiger partial charge on any atom is -0.365 e. The standard InChI is InChI=1S/C11H15F3N4O/c1-2-6(5-15)17-10-7(9(16)19)3-4-8(18-10)11(12,13)14/h3-4,6H,2,5,15H2,1H3,(H2,16,19)(H,17,18). The van der Waals surface area contributed by atoms with Crippen molar-refractivity contribution in [2.75, 3.05) is 11.9 Å². The molecule has 0 spiro atoms. The smallest absolute Gasteiger partial charge is 0.365 e. The Morgan fingerprint density at radius 2 is 2.11 bits per heavy atom. The second kappa shape index (κ2) is 5.87. The molecule has 0 saturated carbocycles. The lowest BCUT2D eigenvalue weighted by Gasteiger charge is -2.18. The average molecular weight is 276 g/mol. The van der Waals surface area contributed by atoms with Crippen molar-refractivity contribution in [2.24, 2.45) is 11.5 Å². The molecule has 5 nitrogen and oxygen atoms in total. The monoisotopic (exact) mass is 276 g/mol. The minimum absolute atomic E-state index is 0.0973. The SMILES string of the molecule is CCC(CN)Nc1nc(C(F)(F)F)ccc1C(N)=O. The first-order chi connectivity index (χ1) is 8.79. The van der Waals surface area contributed by atoms with E-state index in [1.54, 1.807) is 0 Å². The normalized spacial score (nSPS) is 13.1. The number of nitrogens with one attached hydrogen (secondary N) is 1. The summed E-state index contributed by atoms with van der Waals surface area (Å²) in [6.45, 7) is 2.01. The molecule has 1 atom stereocenters. The summed E-state index contributed by atoms with van der Waals surface area (Å²) in [5, 5.41) is 2.70. The van der Waals surface area contributed by atoms with Gasteiger partial charge in [0.1, 0.15) is 11.5 Å². The topological polar surface area (TPSA) is 94.0 Å². The lowest BCUT2D eigenvalue weighted by Crippen LogP contribution is -2.30. The highest BCUT2D eigenvalue weighted by Crippen LogP contribution is 2.29. The average Bonchev–Trinajstić information content (AvgIpc) is 2.34. The van der Waals surface area contributed by atoms with Crippen molar-refractivity contribution in [3.8, 4) is 0 Å². The molecule has 1 rings (SSSR count). The molecule has 0 aromatic carbocycles. The van der Waals surface area contributed by atoms with Crippen molar-refractivity contribution in [1.29, 1.82) is 0 Å². The molecule has 0 saturated heterocycles. The molecule has 106 valence electrons. The Kier molecular flexibility index (Phi) is 4.71. The Morgan fingerprint density at radius 1 is 1.47 bits per heavy atom. The van der Waals surface area contributed by atoms with Crippen molar-refractivity contribution in [2.45, 2.75) is 25.6 Å². The highest BCUT2D eigenvalue weighted by molar-refractivity contribution is 5.97. The van der Waals surface area contributed by atoms with E-state index >= 15 is 0 Å². The summed E-state index contributed by atoms with van der Waals surface area (Å²) in [5.74, 6) is -1.05. The maximum atomic E-state index is 12.6. The van der Waals surface area contributed by atoms with Crippen molar-refractivity contribution < 1.29 is 18.0 Å². The molecule has 0 aliphatic heterocycles. The Bertz CT molecular complexity index is 458. The highest BCUT2D eigenvalue weighted by atomic mass is 19.4. The second-order valence-corrected chi connectivity index (χ2v) is 3.94. The third kappa shape index (κ3) is 3.82. The van der Waals surface area contributed by atoms with Gasteiger partial charge in [-0.05, 0) is 18.6 Å². The predicted molar refractivity (Wildman–Crippen MR) is 64.5 cm³/mol. The van der Waals surface area contributed by atoms with Gasteiger partial charge in [-0.15, -0.1) is 0 Å². The number of aromatic nitrogens is 1. The van der Waals surface area contributed by atoms with E-state index < -0.39 is 17.8 Å². The lowest BCUT2D eigenvalue weighted by atomic mass is 10.1. The molecule has 1 aromatic heterocycles. The first-order valence-corrected chi connectivity index (χ1v) is 5.64. The van der Waals surface area contributed by atoms with Gasteiger partial charge in [-0.25, -0.2) is 4.98 Å². The molecule has 1 amide bonds. The summed E-state index contributed by atoms with van der Waals surface area (Å²) in [6, 6.07) is 1.44. The number of rotatable bonds is 5. The minimum atomic E-state index is -4.59. The van der Waals surface area contributed by atoms with Crippen LogP contribution in [-0.4, -0.2) is 23.5 Å². The van der Waals surface area contributed by atoms with Gasteiger partial charge in [0.2, 0.25) is 0 Å². The van der Waals surface area contributed by atoms with Crippen LogP contribution in [0.4, 0.5) is 19.0 Å². The number of anilines is 1. The lowest BCUT2D eigenvalue weighted by molar-refractivity contribution is -0.141. The van der Waals surface area contributed by atoms with Gasteiger partial charge in [-0.2, -0.15) is 13.2 Å². The van der Waals surface area contributed by atoms with Crippen LogP contribution in [0.25, 0.3) is 0 Å². The molecule has 0 bridgehead atoms. The van der Waals surface area contributed by atoms with Gasteiger partial charge in [-0.3, -0.25) is 4.79 Å². The van der Waals surface area contributed by atoms with E-state index in [-0.39, 0.29) is 24.0 Å². The Labute approximate surface area is 108 Å². The van der Waals surface area contributed by atoms with E-state index in [2.05, 4.69) is 10.3 Å². The molecule has 1 aromatic rings. The van der Waals surface area contributed by atoms with Gasteiger partial charge in [-0.1, -0.05) is 6.92 Å². The van der Waals surface area contributed by atoms with Gasteiger partial charge in [0.05, 0.1) is 5.56 Å². The zero-order valence-corrected chi connectivity index (χ0v) is 10.3. The first kappa shape index (κ1) is 15.2. The zero-order chi connectivity index (χ0) is 14.6. The molecule has 5 N–H and O–H groups in total. The van der Waals surface area contributed by atoms with Crippen molar-refractivity contribution in [1.82, 2.24) is 4.98 Å². The van der Waals surface area contributed by atoms with E-state index in [0.717, 1.165) is 6.07 Å². The van der Waals surface area contributed by atoms with Crippen LogP contribution >= 0.6 is 0 Å². The van der Waals surface area contributed by atoms with Crippen LogP contribution in [-0.2, 0) is 6.18 Å². The number of nitrogens with two attached hydrogens (primary N) is 2. The van der Waals surface area contributed by atoms with E-state index in [4.69, 9.17) is 11.5 Å². The molecule has 0 aliphatic rings. The van der Waals surface area contributed by atoms with Gasteiger partial charge >= 0.3 is 6.18 Å². The van der Waals surface area contributed by atoms with E-state index in [0.29, 0.717) is 12.5 Å². The zero-order valence-electron chi connectivity index (χ0n) is 10.3. The first-order valence-electron chi connectivity index (χ1n) is 5.64. The number of hydrogen-bond acceptors (Lipinski definition) is 4. The maximum Gasteiger partial charge on any atom is 0.433 e. The number of carbonyl (C=O) groups excluding carboxylic acids is 1. The quantitative estimate of drug-likeness (QED) is 0.756. The molecular formula is C11H15F3N4O. The summed E-state index contributed by atoms with van der Waals surface area (Å²) < 4.78 is 37.7. The largest absolute Gasteiger partial charge is 0.433 e. The van der Waals surface area contributed by atoms with Gasteiger partial charge < -0.3 is 16.8 Å². The summed E-state index contributed by atoms with van der Waals surface area (Å²) in [6.07, 6.45) is -4.01. The summed E-state index contributed by atoms with van der Waals surface area (Å²) >= 11 is 0. The summed E-state index contributed by atoms with van der Waals surface area (Å²) in [5.41, 5.74) is 9.37. The number of halogens is 3. The molecule has 1 heterocycles. The fourth-order valence-corrected chi connectivity index (χ4v) is 1.45. The van der Waals surface area contributed by atoms with E-state index in [1.165, 1.54) is 0 Å². The van der Waals surface area contributed by atoms with Crippen molar-refractivity contribution in [3.63, 3.8) is 0 Å².